The molecule has 0 radical (unpaired) electrons. The van der Waals surface area contributed by atoms with Gasteiger partial charge in [-0.1, -0.05) is 23.8 Å². The lowest BCUT2D eigenvalue weighted by Gasteiger charge is -2.03. The molecule has 112 valence electrons. The molecule has 20 heavy (non-hydrogen) atoms. The third-order valence-corrected chi connectivity index (χ3v) is 2.97. The first-order valence-electron chi connectivity index (χ1n) is 6.96. The van der Waals surface area contributed by atoms with Gasteiger partial charge in [0, 0.05) is 13.3 Å². The molecule has 0 fully saturated rings. The standard InChI is InChI=1S/C17H26O3/c1-13(2)17(19)10-9-14(3)7-6-8-15(4)11-12-20-16(5)18/h7,11H,1,6,8-10,12H2,2-5H3/b14-7-,15-11+. The third-order valence-electron chi connectivity index (χ3n) is 2.97. The highest BCUT2D eigenvalue weighted by Crippen LogP contribution is 2.11. The molecular formula is C17H26O3. The van der Waals surface area contributed by atoms with Crippen LogP contribution in [0.3, 0.4) is 0 Å². The molecule has 0 spiro atoms. The van der Waals surface area contributed by atoms with Crippen LogP contribution in [0.25, 0.3) is 0 Å². The Labute approximate surface area is 122 Å². The zero-order valence-corrected chi connectivity index (χ0v) is 13.1. The van der Waals surface area contributed by atoms with E-state index in [1.807, 2.05) is 19.9 Å². The second-order valence-electron chi connectivity index (χ2n) is 5.15. The van der Waals surface area contributed by atoms with Crippen molar-refractivity contribution < 1.29 is 14.3 Å². The van der Waals surface area contributed by atoms with Crippen LogP contribution >= 0.6 is 0 Å². The average Bonchev–Trinajstić information content (AvgIpc) is 2.35. The number of Topliss-reactive ketones (excluding diaryl/α,β-unsaturated/α-hetero) is 1. The summed E-state index contributed by atoms with van der Waals surface area (Å²) < 4.78 is 4.85. The van der Waals surface area contributed by atoms with Crippen molar-refractivity contribution in [2.45, 2.75) is 53.4 Å². The van der Waals surface area contributed by atoms with Gasteiger partial charge in [0.25, 0.3) is 0 Å². The molecule has 3 nitrogen and oxygen atoms in total. The summed E-state index contributed by atoms with van der Waals surface area (Å²) in [7, 11) is 0. The number of carbonyl (C=O) groups excluding carboxylic acids is 2. The minimum atomic E-state index is -0.257. The van der Waals surface area contributed by atoms with Crippen molar-refractivity contribution in [1.29, 1.82) is 0 Å². The van der Waals surface area contributed by atoms with Gasteiger partial charge in [0.05, 0.1) is 0 Å². The molecule has 0 heterocycles. The van der Waals surface area contributed by atoms with Gasteiger partial charge in [-0.25, -0.2) is 0 Å². The lowest BCUT2D eigenvalue weighted by Crippen LogP contribution is -1.98. The number of ether oxygens (including phenoxy) is 1. The van der Waals surface area contributed by atoms with Crippen LogP contribution in [-0.4, -0.2) is 18.4 Å². The maximum atomic E-state index is 11.4. The Hall–Kier alpha value is -1.64. The van der Waals surface area contributed by atoms with Gasteiger partial charge in [-0.3, -0.25) is 9.59 Å². The molecule has 0 aromatic heterocycles. The molecule has 0 aromatic carbocycles. The predicted octanol–water partition coefficient (Wildman–Crippen LogP) is 4.15. The monoisotopic (exact) mass is 278 g/mol. The minimum Gasteiger partial charge on any atom is -0.462 e. The summed E-state index contributed by atoms with van der Waals surface area (Å²) in [6.07, 6.45) is 7.30. The van der Waals surface area contributed by atoms with Crippen LogP contribution in [0.15, 0.2) is 35.5 Å². The first kappa shape index (κ1) is 18.4. The number of hydrogen-bond donors (Lipinski definition) is 0. The van der Waals surface area contributed by atoms with E-state index in [1.54, 1.807) is 6.92 Å². The summed E-state index contributed by atoms with van der Waals surface area (Å²) in [4.78, 5) is 22.0. The van der Waals surface area contributed by atoms with E-state index in [9.17, 15) is 9.59 Å². The Morgan fingerprint density at radius 2 is 1.55 bits per heavy atom. The van der Waals surface area contributed by atoms with Gasteiger partial charge in [0.1, 0.15) is 6.61 Å². The number of esters is 1. The summed E-state index contributed by atoms with van der Waals surface area (Å²) in [5, 5.41) is 0. The Kier molecular flexibility index (Phi) is 9.35. The van der Waals surface area contributed by atoms with Gasteiger partial charge < -0.3 is 4.74 Å². The quantitative estimate of drug-likeness (QED) is 0.361. The molecule has 0 rings (SSSR count). The largest absolute Gasteiger partial charge is 0.462 e. The van der Waals surface area contributed by atoms with Gasteiger partial charge in [0.2, 0.25) is 0 Å². The molecule has 0 amide bonds. The Bertz CT molecular complexity index is 414. The van der Waals surface area contributed by atoms with Crippen LogP contribution in [0.1, 0.15) is 53.4 Å². The van der Waals surface area contributed by atoms with Crippen molar-refractivity contribution >= 4 is 11.8 Å². The van der Waals surface area contributed by atoms with Crippen molar-refractivity contribution in [3.8, 4) is 0 Å². The highest BCUT2D eigenvalue weighted by molar-refractivity contribution is 5.94. The first-order valence-corrected chi connectivity index (χ1v) is 6.96. The van der Waals surface area contributed by atoms with Crippen molar-refractivity contribution in [3.63, 3.8) is 0 Å². The molecular weight excluding hydrogens is 252 g/mol. The summed E-state index contributed by atoms with van der Waals surface area (Å²) in [6.45, 7) is 11.2. The van der Waals surface area contributed by atoms with E-state index < -0.39 is 0 Å². The van der Waals surface area contributed by atoms with Crippen LogP contribution < -0.4 is 0 Å². The van der Waals surface area contributed by atoms with E-state index in [2.05, 4.69) is 12.7 Å². The van der Waals surface area contributed by atoms with Crippen LogP contribution in [0.4, 0.5) is 0 Å². The van der Waals surface area contributed by atoms with Gasteiger partial charge in [-0.15, -0.1) is 0 Å². The zero-order chi connectivity index (χ0) is 15.5. The number of hydrogen-bond acceptors (Lipinski definition) is 3. The maximum absolute atomic E-state index is 11.4. The van der Waals surface area contributed by atoms with Gasteiger partial charge >= 0.3 is 5.97 Å². The number of allylic oxidation sites excluding steroid dienone is 4. The second-order valence-corrected chi connectivity index (χ2v) is 5.15. The van der Waals surface area contributed by atoms with Gasteiger partial charge in [-0.2, -0.15) is 0 Å². The summed E-state index contributed by atoms with van der Waals surface area (Å²) in [5.41, 5.74) is 3.06. The molecule has 0 aliphatic heterocycles. The number of rotatable bonds is 9. The molecule has 0 atom stereocenters. The SMILES string of the molecule is C=C(C)C(=O)CC/C(C)=C\CC/C(C)=C/COC(C)=O. The minimum absolute atomic E-state index is 0.134. The first-order chi connectivity index (χ1) is 9.32. The predicted molar refractivity (Wildman–Crippen MR) is 82.4 cm³/mol. The Balaban J connectivity index is 3.95. The van der Waals surface area contributed by atoms with Crippen molar-refractivity contribution in [2.24, 2.45) is 0 Å². The zero-order valence-electron chi connectivity index (χ0n) is 13.1. The third kappa shape index (κ3) is 10.3. The van der Waals surface area contributed by atoms with Crippen molar-refractivity contribution in [1.82, 2.24) is 0 Å². The topological polar surface area (TPSA) is 43.4 Å². The van der Waals surface area contributed by atoms with E-state index >= 15 is 0 Å². The Morgan fingerprint density at radius 3 is 2.10 bits per heavy atom. The Morgan fingerprint density at radius 1 is 0.950 bits per heavy atom. The summed E-state index contributed by atoms with van der Waals surface area (Å²) in [5.74, 6) is -0.123. The number of ketones is 1. The van der Waals surface area contributed by atoms with Crippen LogP contribution in [0, 0.1) is 0 Å². The van der Waals surface area contributed by atoms with Crippen LogP contribution in [-0.2, 0) is 14.3 Å². The molecule has 0 unspecified atom stereocenters. The molecule has 0 saturated heterocycles. The maximum Gasteiger partial charge on any atom is 0.302 e. The lowest BCUT2D eigenvalue weighted by atomic mass is 10.0. The molecule has 3 heteroatoms. The van der Waals surface area contributed by atoms with Crippen LogP contribution in [0.5, 0.6) is 0 Å². The molecule has 0 aromatic rings. The van der Waals surface area contributed by atoms with Crippen molar-refractivity contribution in [2.75, 3.05) is 6.61 Å². The van der Waals surface area contributed by atoms with E-state index in [0.717, 1.165) is 19.3 Å². The van der Waals surface area contributed by atoms with E-state index in [-0.39, 0.29) is 11.8 Å². The molecule has 0 N–H and O–H groups in total. The lowest BCUT2D eigenvalue weighted by molar-refractivity contribution is -0.139. The molecule has 0 aliphatic rings. The summed E-state index contributed by atoms with van der Waals surface area (Å²) in [6, 6.07) is 0. The normalized spacial score (nSPS) is 12.2. The second kappa shape index (κ2) is 10.2. The van der Waals surface area contributed by atoms with Gasteiger partial charge in [-0.05, 0) is 51.7 Å². The number of carbonyl (C=O) groups is 2. The smallest absolute Gasteiger partial charge is 0.302 e. The van der Waals surface area contributed by atoms with E-state index in [4.69, 9.17) is 4.74 Å². The van der Waals surface area contributed by atoms with Crippen LogP contribution in [0.2, 0.25) is 0 Å². The van der Waals surface area contributed by atoms with E-state index in [0.29, 0.717) is 18.6 Å². The van der Waals surface area contributed by atoms with E-state index in [1.165, 1.54) is 18.1 Å². The highest BCUT2D eigenvalue weighted by Gasteiger charge is 2.02. The highest BCUT2D eigenvalue weighted by atomic mass is 16.5. The fourth-order valence-electron chi connectivity index (χ4n) is 1.58. The van der Waals surface area contributed by atoms with Crippen molar-refractivity contribution in [3.05, 3.63) is 35.5 Å². The molecule has 0 aliphatic carbocycles. The molecule has 0 bridgehead atoms. The van der Waals surface area contributed by atoms with Gasteiger partial charge in [0.15, 0.2) is 5.78 Å². The summed E-state index contributed by atoms with van der Waals surface area (Å²) >= 11 is 0. The molecule has 0 saturated carbocycles. The average molecular weight is 278 g/mol. The fraction of sp³-hybridized carbons (Fsp3) is 0.529. The fourth-order valence-corrected chi connectivity index (χ4v) is 1.58.